The van der Waals surface area contributed by atoms with Crippen molar-refractivity contribution in [3.63, 3.8) is 0 Å². The van der Waals surface area contributed by atoms with E-state index in [0.29, 0.717) is 41.5 Å². The summed E-state index contributed by atoms with van der Waals surface area (Å²) in [5.74, 6) is -1.40. The van der Waals surface area contributed by atoms with Gasteiger partial charge < -0.3 is 19.7 Å². The summed E-state index contributed by atoms with van der Waals surface area (Å²) in [5.41, 5.74) is 2.64. The molecule has 0 atom stereocenters. The van der Waals surface area contributed by atoms with Gasteiger partial charge in [-0.05, 0) is 26.0 Å². The third kappa shape index (κ3) is 4.21. The lowest BCUT2D eigenvalue weighted by molar-refractivity contribution is 0.0694. The van der Waals surface area contributed by atoms with Crippen molar-refractivity contribution in [2.75, 3.05) is 20.3 Å². The van der Waals surface area contributed by atoms with Crippen LogP contribution in [0.1, 0.15) is 32.9 Å². The second-order valence-electron chi connectivity index (χ2n) is 5.79. The number of hydrogen-bond acceptors (Lipinski definition) is 3. The van der Waals surface area contributed by atoms with E-state index in [9.17, 15) is 14.3 Å². The highest BCUT2D eigenvalue weighted by molar-refractivity contribution is 6.31. The number of rotatable bonds is 8. The topological polar surface area (TPSA) is 63.5 Å². The van der Waals surface area contributed by atoms with Crippen LogP contribution in [0.2, 0.25) is 5.02 Å². The second-order valence-corrected chi connectivity index (χ2v) is 6.19. The van der Waals surface area contributed by atoms with Gasteiger partial charge in [0.2, 0.25) is 0 Å². The molecule has 0 unspecified atom stereocenters. The Bertz CT molecular complexity index is 754. The summed E-state index contributed by atoms with van der Waals surface area (Å²) in [5, 5.41) is 13.1. The number of nitrogens with zero attached hydrogens (tertiary/aromatic N) is 1. The Morgan fingerprint density at radius 1 is 1.32 bits per heavy atom. The number of benzene rings is 1. The Hall–Kier alpha value is -1.89. The quantitative estimate of drug-likeness (QED) is 0.701. The van der Waals surface area contributed by atoms with Gasteiger partial charge in [0, 0.05) is 47.7 Å². The smallest absolute Gasteiger partial charge is 0.337 e. The molecule has 7 heteroatoms. The zero-order valence-corrected chi connectivity index (χ0v) is 15.3. The maximum atomic E-state index is 14.1. The molecule has 136 valence electrons. The van der Waals surface area contributed by atoms with Crippen molar-refractivity contribution in [1.82, 2.24) is 9.88 Å². The van der Waals surface area contributed by atoms with E-state index in [-0.39, 0.29) is 12.1 Å². The van der Waals surface area contributed by atoms with Gasteiger partial charge in [-0.15, -0.1) is 0 Å². The summed E-state index contributed by atoms with van der Waals surface area (Å²) in [6.45, 7) is 5.28. The number of methoxy groups -OCH3 is 1. The van der Waals surface area contributed by atoms with Gasteiger partial charge in [-0.2, -0.15) is 0 Å². The molecule has 0 aliphatic rings. The molecule has 0 saturated carbocycles. The van der Waals surface area contributed by atoms with E-state index >= 15 is 0 Å². The summed E-state index contributed by atoms with van der Waals surface area (Å²) < 4.78 is 20.9. The molecule has 0 saturated heterocycles. The number of halogens is 2. The normalized spacial score (nSPS) is 11.1. The molecular weight excluding hydrogens is 347 g/mol. The molecule has 0 bridgehead atoms. The number of carboxylic acid groups (broad SMARTS) is 1. The van der Waals surface area contributed by atoms with Gasteiger partial charge in [0.25, 0.3) is 0 Å². The Morgan fingerprint density at radius 3 is 2.64 bits per heavy atom. The van der Waals surface area contributed by atoms with E-state index in [1.807, 2.05) is 6.92 Å². The maximum Gasteiger partial charge on any atom is 0.337 e. The summed E-state index contributed by atoms with van der Waals surface area (Å²) in [6.07, 6.45) is 0. The standard InChI is InChI=1S/C18H22ClFN2O3/c1-11-13(9-21-7-8-25-3)17(18(23)24)12(2)22(11)10-14-15(19)5-4-6-16(14)20/h4-6,21H,7-10H2,1-3H3,(H,23,24). The van der Waals surface area contributed by atoms with Crippen LogP contribution in [-0.4, -0.2) is 35.9 Å². The summed E-state index contributed by atoms with van der Waals surface area (Å²) >= 11 is 6.12. The van der Waals surface area contributed by atoms with Crippen LogP contribution >= 0.6 is 11.6 Å². The van der Waals surface area contributed by atoms with E-state index in [4.69, 9.17) is 16.3 Å². The average molecular weight is 369 g/mol. The summed E-state index contributed by atoms with van der Waals surface area (Å²) in [4.78, 5) is 11.7. The molecule has 1 aromatic carbocycles. The number of carbonyl (C=O) groups is 1. The van der Waals surface area contributed by atoms with Crippen LogP contribution in [0.4, 0.5) is 4.39 Å². The fourth-order valence-electron chi connectivity index (χ4n) is 2.92. The zero-order chi connectivity index (χ0) is 18.6. The number of ether oxygens (including phenoxy) is 1. The molecule has 5 nitrogen and oxygen atoms in total. The van der Waals surface area contributed by atoms with Gasteiger partial charge in [0.05, 0.1) is 18.7 Å². The molecule has 0 spiro atoms. The Morgan fingerprint density at radius 2 is 2.04 bits per heavy atom. The zero-order valence-electron chi connectivity index (χ0n) is 14.5. The lowest BCUT2D eigenvalue weighted by Crippen LogP contribution is -2.20. The lowest BCUT2D eigenvalue weighted by atomic mass is 10.1. The molecular formula is C18H22ClFN2O3. The van der Waals surface area contributed by atoms with Gasteiger partial charge in [-0.3, -0.25) is 0 Å². The minimum atomic E-state index is -0.998. The Labute approximate surface area is 151 Å². The van der Waals surface area contributed by atoms with Crippen LogP contribution in [0.15, 0.2) is 18.2 Å². The van der Waals surface area contributed by atoms with Crippen LogP contribution in [0.3, 0.4) is 0 Å². The second kappa shape index (κ2) is 8.47. The Kier molecular flexibility index (Phi) is 6.58. The molecule has 2 rings (SSSR count). The van der Waals surface area contributed by atoms with Crippen LogP contribution in [0, 0.1) is 19.7 Å². The van der Waals surface area contributed by atoms with Gasteiger partial charge in [0.15, 0.2) is 0 Å². The van der Waals surface area contributed by atoms with Crippen molar-refractivity contribution in [1.29, 1.82) is 0 Å². The highest BCUT2D eigenvalue weighted by atomic mass is 35.5. The number of hydrogen-bond donors (Lipinski definition) is 2. The first kappa shape index (κ1) is 19.4. The molecule has 2 N–H and O–H groups in total. The first-order chi connectivity index (χ1) is 11.9. The van der Waals surface area contributed by atoms with Gasteiger partial charge in [-0.25, -0.2) is 9.18 Å². The third-order valence-electron chi connectivity index (χ3n) is 4.29. The predicted octanol–water partition coefficient (Wildman–Crippen LogP) is 3.38. The van der Waals surface area contributed by atoms with Crippen LogP contribution < -0.4 is 5.32 Å². The van der Waals surface area contributed by atoms with E-state index in [1.165, 1.54) is 6.07 Å². The predicted molar refractivity (Wildman–Crippen MR) is 95.0 cm³/mol. The minimum absolute atomic E-state index is 0.182. The summed E-state index contributed by atoms with van der Waals surface area (Å²) in [7, 11) is 1.61. The molecule has 25 heavy (non-hydrogen) atoms. The SMILES string of the molecule is COCCNCc1c(C(=O)O)c(C)n(Cc2c(F)cccc2Cl)c1C. The lowest BCUT2D eigenvalue weighted by Gasteiger charge is -2.12. The van der Waals surface area contributed by atoms with Crippen molar-refractivity contribution in [2.24, 2.45) is 0 Å². The number of aromatic nitrogens is 1. The molecule has 0 aliphatic carbocycles. The number of carboxylic acids is 1. The molecule has 2 aromatic rings. The molecule has 0 aliphatic heterocycles. The molecule has 1 heterocycles. The monoisotopic (exact) mass is 368 g/mol. The fourth-order valence-corrected chi connectivity index (χ4v) is 3.14. The highest BCUT2D eigenvalue weighted by Crippen LogP contribution is 2.27. The number of aromatic carboxylic acids is 1. The van der Waals surface area contributed by atoms with Crippen molar-refractivity contribution in [2.45, 2.75) is 26.9 Å². The van der Waals surface area contributed by atoms with Gasteiger partial charge in [0.1, 0.15) is 5.82 Å². The van der Waals surface area contributed by atoms with E-state index < -0.39 is 11.8 Å². The minimum Gasteiger partial charge on any atom is -0.478 e. The number of nitrogens with one attached hydrogen (secondary N) is 1. The largest absolute Gasteiger partial charge is 0.478 e. The average Bonchev–Trinajstić information content (AvgIpc) is 2.79. The van der Waals surface area contributed by atoms with Crippen LogP contribution in [0.25, 0.3) is 0 Å². The molecule has 0 amide bonds. The summed E-state index contributed by atoms with van der Waals surface area (Å²) in [6, 6.07) is 4.52. The van der Waals surface area contributed by atoms with Gasteiger partial charge in [-0.1, -0.05) is 17.7 Å². The Balaban J connectivity index is 2.40. The first-order valence-electron chi connectivity index (χ1n) is 7.92. The molecule has 0 radical (unpaired) electrons. The van der Waals surface area contributed by atoms with Crippen LogP contribution in [-0.2, 0) is 17.8 Å². The van der Waals surface area contributed by atoms with Crippen molar-refractivity contribution in [3.05, 3.63) is 57.1 Å². The van der Waals surface area contributed by atoms with Crippen molar-refractivity contribution >= 4 is 17.6 Å². The molecule has 0 fully saturated rings. The van der Waals surface area contributed by atoms with Crippen molar-refractivity contribution in [3.8, 4) is 0 Å². The van der Waals surface area contributed by atoms with Crippen LogP contribution in [0.5, 0.6) is 0 Å². The van der Waals surface area contributed by atoms with E-state index in [2.05, 4.69) is 5.32 Å². The fraction of sp³-hybridized carbons (Fsp3) is 0.389. The third-order valence-corrected chi connectivity index (χ3v) is 4.64. The van der Waals surface area contributed by atoms with E-state index in [1.54, 1.807) is 30.7 Å². The van der Waals surface area contributed by atoms with E-state index in [0.717, 1.165) is 5.69 Å². The first-order valence-corrected chi connectivity index (χ1v) is 8.30. The highest BCUT2D eigenvalue weighted by Gasteiger charge is 2.23. The van der Waals surface area contributed by atoms with Crippen molar-refractivity contribution < 1.29 is 19.0 Å². The maximum absolute atomic E-state index is 14.1. The molecule has 1 aromatic heterocycles. The van der Waals surface area contributed by atoms with Gasteiger partial charge >= 0.3 is 5.97 Å².